The van der Waals surface area contributed by atoms with Gasteiger partial charge in [-0.2, -0.15) is 16.5 Å². The molecule has 2 N–H and O–H groups in total. The maximum Gasteiger partial charge on any atom is 0.324 e. The van der Waals surface area contributed by atoms with Crippen molar-refractivity contribution in [1.29, 1.82) is 0 Å². The quantitative estimate of drug-likeness (QED) is 0.449. The van der Waals surface area contributed by atoms with E-state index < -0.39 is 34.0 Å². The molecule has 0 bridgehead atoms. The minimum atomic E-state index is -3.92. The number of sulfonamides is 1. The highest BCUT2D eigenvalue weighted by Crippen LogP contribution is 2.17. The van der Waals surface area contributed by atoms with Crippen LogP contribution in [0.25, 0.3) is 0 Å². The molecule has 10 heteroatoms. The zero-order chi connectivity index (χ0) is 23.6. The number of hydrogen-bond donors (Lipinski definition) is 2. The van der Waals surface area contributed by atoms with E-state index in [4.69, 9.17) is 9.47 Å². The molecule has 0 aromatic heterocycles. The van der Waals surface area contributed by atoms with Crippen LogP contribution in [0.4, 0.5) is 0 Å². The number of hydrogen-bond acceptors (Lipinski definition) is 7. The fourth-order valence-corrected chi connectivity index (χ4v) is 4.51. The molecule has 0 aliphatic rings. The Morgan fingerprint density at radius 3 is 2.38 bits per heavy atom. The lowest BCUT2D eigenvalue weighted by atomic mass is 10.2. The molecule has 174 valence electrons. The van der Waals surface area contributed by atoms with Gasteiger partial charge in [-0.25, -0.2) is 8.42 Å². The van der Waals surface area contributed by atoms with Crippen LogP contribution in [0.5, 0.6) is 5.75 Å². The van der Waals surface area contributed by atoms with Crippen LogP contribution < -0.4 is 14.8 Å². The number of carbonyl (C=O) groups is 2. The summed E-state index contributed by atoms with van der Waals surface area (Å²) in [5, 5.41) is 2.70. The molecule has 2 aromatic carbocycles. The number of para-hydroxylation sites is 1. The van der Waals surface area contributed by atoms with Crippen molar-refractivity contribution in [3.05, 3.63) is 60.2 Å². The van der Waals surface area contributed by atoms with Gasteiger partial charge in [0.1, 0.15) is 11.8 Å². The third-order valence-corrected chi connectivity index (χ3v) is 6.69. The molecule has 0 radical (unpaired) electrons. The van der Waals surface area contributed by atoms with Crippen molar-refractivity contribution in [2.24, 2.45) is 0 Å². The van der Waals surface area contributed by atoms with Gasteiger partial charge in [0, 0.05) is 12.1 Å². The summed E-state index contributed by atoms with van der Waals surface area (Å²) in [6, 6.07) is 13.9. The van der Waals surface area contributed by atoms with Crippen LogP contribution in [0.3, 0.4) is 0 Å². The number of ether oxygens (including phenoxy) is 2. The monoisotopic (exact) mass is 480 g/mol. The van der Waals surface area contributed by atoms with Gasteiger partial charge in [0.25, 0.3) is 5.91 Å². The van der Waals surface area contributed by atoms with Crippen molar-refractivity contribution in [1.82, 2.24) is 10.0 Å². The van der Waals surface area contributed by atoms with Gasteiger partial charge in [-0.15, -0.1) is 0 Å². The van der Waals surface area contributed by atoms with Crippen molar-refractivity contribution >= 4 is 33.7 Å². The summed E-state index contributed by atoms with van der Waals surface area (Å²) in [6.07, 6.45) is 0.971. The van der Waals surface area contributed by atoms with Gasteiger partial charge in [0.05, 0.1) is 12.0 Å². The predicted molar refractivity (Wildman–Crippen MR) is 124 cm³/mol. The number of benzene rings is 2. The van der Waals surface area contributed by atoms with Gasteiger partial charge in [0.2, 0.25) is 10.0 Å². The average Bonchev–Trinajstić information content (AvgIpc) is 2.80. The normalized spacial score (nSPS) is 13.1. The largest absolute Gasteiger partial charge is 0.496 e. The molecule has 2 rings (SSSR count). The smallest absolute Gasteiger partial charge is 0.324 e. The highest BCUT2D eigenvalue weighted by molar-refractivity contribution is 7.98. The average molecular weight is 481 g/mol. The van der Waals surface area contributed by atoms with Crippen LogP contribution in [0.15, 0.2) is 59.5 Å². The van der Waals surface area contributed by atoms with Crippen molar-refractivity contribution in [2.75, 3.05) is 19.1 Å². The Bertz CT molecular complexity index is 998. The van der Waals surface area contributed by atoms with Crippen LogP contribution in [0, 0.1) is 0 Å². The number of nitrogens with one attached hydrogen (secondary N) is 2. The lowest BCUT2D eigenvalue weighted by Crippen LogP contribution is -2.45. The Labute approximate surface area is 193 Å². The van der Waals surface area contributed by atoms with E-state index >= 15 is 0 Å². The number of esters is 1. The molecule has 0 aliphatic carbocycles. The molecule has 32 heavy (non-hydrogen) atoms. The lowest BCUT2D eigenvalue weighted by Gasteiger charge is -2.20. The van der Waals surface area contributed by atoms with Crippen LogP contribution in [-0.4, -0.2) is 51.6 Å². The molecule has 1 amide bonds. The molecule has 2 aromatic rings. The van der Waals surface area contributed by atoms with Gasteiger partial charge >= 0.3 is 5.97 Å². The van der Waals surface area contributed by atoms with E-state index in [0.717, 1.165) is 5.56 Å². The Morgan fingerprint density at radius 1 is 1.06 bits per heavy atom. The standard InChI is InChI=1S/C22H28N2O6S2/c1-16(21(25)23-15-17-9-7-8-12-20(17)29-2)30-22(26)19(13-14-31-3)24-32(27,28)18-10-5-4-6-11-18/h4-12,16,19,24H,13-15H2,1-3H3,(H,23,25). The summed E-state index contributed by atoms with van der Waals surface area (Å²) in [6.45, 7) is 1.63. The molecular formula is C22H28N2O6S2. The van der Waals surface area contributed by atoms with E-state index in [2.05, 4.69) is 10.0 Å². The van der Waals surface area contributed by atoms with E-state index in [1.807, 2.05) is 24.5 Å². The number of methoxy groups -OCH3 is 1. The highest BCUT2D eigenvalue weighted by Gasteiger charge is 2.29. The Hall–Kier alpha value is -2.56. The summed E-state index contributed by atoms with van der Waals surface area (Å²) in [4.78, 5) is 25.2. The minimum Gasteiger partial charge on any atom is -0.496 e. The van der Waals surface area contributed by atoms with E-state index in [0.29, 0.717) is 11.5 Å². The second-order valence-electron chi connectivity index (χ2n) is 6.88. The Balaban J connectivity index is 2.01. The first-order valence-corrected chi connectivity index (χ1v) is 12.8. The lowest BCUT2D eigenvalue weighted by molar-refractivity contribution is -0.156. The zero-order valence-corrected chi connectivity index (χ0v) is 19.9. The van der Waals surface area contributed by atoms with Crippen molar-refractivity contribution in [3.8, 4) is 5.75 Å². The summed E-state index contributed by atoms with van der Waals surface area (Å²) < 4.78 is 38.2. The van der Waals surface area contributed by atoms with E-state index in [-0.39, 0.29) is 17.9 Å². The molecule has 0 aliphatic heterocycles. The van der Waals surface area contributed by atoms with E-state index in [1.54, 1.807) is 24.3 Å². The molecule has 0 spiro atoms. The summed E-state index contributed by atoms with van der Waals surface area (Å²) in [7, 11) is -2.38. The van der Waals surface area contributed by atoms with Crippen LogP contribution in [0.1, 0.15) is 18.9 Å². The van der Waals surface area contributed by atoms with E-state index in [9.17, 15) is 18.0 Å². The molecule has 2 unspecified atom stereocenters. The number of amides is 1. The molecule has 2 atom stereocenters. The fraction of sp³-hybridized carbons (Fsp3) is 0.364. The van der Waals surface area contributed by atoms with Gasteiger partial charge in [-0.3, -0.25) is 9.59 Å². The van der Waals surface area contributed by atoms with Gasteiger partial charge in [-0.05, 0) is 43.6 Å². The second kappa shape index (κ2) is 12.5. The SMILES string of the molecule is COc1ccccc1CNC(=O)C(C)OC(=O)C(CCSC)NS(=O)(=O)c1ccccc1. The number of rotatable bonds is 12. The summed E-state index contributed by atoms with van der Waals surface area (Å²) >= 11 is 1.47. The minimum absolute atomic E-state index is 0.0459. The van der Waals surface area contributed by atoms with E-state index in [1.165, 1.54) is 37.9 Å². The first-order chi connectivity index (χ1) is 15.3. The van der Waals surface area contributed by atoms with Gasteiger partial charge in [-0.1, -0.05) is 36.4 Å². The maximum absolute atomic E-state index is 12.7. The molecule has 8 nitrogen and oxygen atoms in total. The molecule has 0 heterocycles. The Kier molecular flexibility index (Phi) is 10.0. The van der Waals surface area contributed by atoms with Crippen molar-refractivity contribution in [3.63, 3.8) is 0 Å². The number of carbonyl (C=O) groups excluding carboxylic acids is 2. The van der Waals surface area contributed by atoms with Gasteiger partial charge < -0.3 is 14.8 Å². The highest BCUT2D eigenvalue weighted by atomic mass is 32.2. The van der Waals surface area contributed by atoms with Crippen LogP contribution in [0.2, 0.25) is 0 Å². The summed E-state index contributed by atoms with van der Waals surface area (Å²) in [5.41, 5.74) is 0.773. The van der Waals surface area contributed by atoms with Gasteiger partial charge in [0.15, 0.2) is 6.10 Å². The third-order valence-electron chi connectivity index (χ3n) is 4.55. The number of thioether (sulfide) groups is 1. The zero-order valence-electron chi connectivity index (χ0n) is 18.2. The fourth-order valence-electron chi connectivity index (χ4n) is 2.80. The topological polar surface area (TPSA) is 111 Å². The molecule has 0 saturated heterocycles. The maximum atomic E-state index is 12.7. The van der Waals surface area contributed by atoms with Crippen LogP contribution >= 0.6 is 11.8 Å². The van der Waals surface area contributed by atoms with Crippen molar-refractivity contribution in [2.45, 2.75) is 36.9 Å². The predicted octanol–water partition coefficient (Wildman–Crippen LogP) is 2.34. The van der Waals surface area contributed by atoms with Crippen molar-refractivity contribution < 1.29 is 27.5 Å². The molecular weight excluding hydrogens is 452 g/mol. The first kappa shape index (κ1) is 25.7. The first-order valence-electron chi connectivity index (χ1n) is 9.95. The third kappa shape index (κ3) is 7.54. The van der Waals surface area contributed by atoms with Crippen LogP contribution in [-0.2, 0) is 30.9 Å². The molecule has 0 saturated carbocycles. The summed E-state index contributed by atoms with van der Waals surface area (Å²) in [5.74, 6) is -0.145. The molecule has 0 fully saturated rings. The Morgan fingerprint density at radius 2 is 1.72 bits per heavy atom. The second-order valence-corrected chi connectivity index (χ2v) is 9.58.